The molecule has 0 radical (unpaired) electrons. The summed E-state index contributed by atoms with van der Waals surface area (Å²) in [6, 6.07) is 0. The fourth-order valence-corrected chi connectivity index (χ4v) is 2.22. The van der Waals surface area contributed by atoms with E-state index in [0.29, 0.717) is 12.8 Å². The molecule has 0 aliphatic rings. The van der Waals surface area contributed by atoms with Crippen LogP contribution in [0.25, 0.3) is 0 Å². The number of carbonyl (C=O) groups excluding carboxylic acids is 2. The van der Waals surface area contributed by atoms with Crippen LogP contribution < -0.4 is 0 Å². The van der Waals surface area contributed by atoms with Gasteiger partial charge in [-0.15, -0.1) is 0 Å². The topological polar surface area (TPSA) is 52.6 Å². The lowest BCUT2D eigenvalue weighted by molar-refractivity contribution is -0.156. The quantitative estimate of drug-likeness (QED) is 0.222. The smallest absolute Gasteiger partial charge is 0.318 e. The molecule has 0 aliphatic heterocycles. The van der Waals surface area contributed by atoms with Crippen LogP contribution in [0.5, 0.6) is 0 Å². The molecule has 0 bridgehead atoms. The standard InChI is InChI=1S/C15H26Cl2O4/c1-3-5-7-9-12(16)20-14(18)11-15(19)21-13(17)10-8-6-4-2/h12-13H,3-11H2,1-2H3. The number of rotatable bonds is 12. The van der Waals surface area contributed by atoms with Crippen LogP contribution in [-0.4, -0.2) is 23.1 Å². The summed E-state index contributed by atoms with van der Waals surface area (Å²) in [5.74, 6) is -1.34. The minimum atomic E-state index is -0.687. The van der Waals surface area contributed by atoms with Crippen LogP contribution in [0.3, 0.4) is 0 Å². The van der Waals surface area contributed by atoms with Gasteiger partial charge >= 0.3 is 11.9 Å². The van der Waals surface area contributed by atoms with Gasteiger partial charge < -0.3 is 9.47 Å². The maximum absolute atomic E-state index is 11.5. The molecule has 0 fully saturated rings. The van der Waals surface area contributed by atoms with E-state index >= 15 is 0 Å². The molecule has 6 heteroatoms. The van der Waals surface area contributed by atoms with Crippen molar-refractivity contribution in [2.75, 3.05) is 0 Å². The maximum atomic E-state index is 11.5. The Balaban J connectivity index is 3.80. The Bertz CT molecular complexity index is 269. The Kier molecular flexibility index (Phi) is 12.9. The SMILES string of the molecule is CCCCCC(Cl)OC(=O)CC(=O)OC(Cl)CCCCC. The molecular weight excluding hydrogens is 315 g/mol. The average molecular weight is 341 g/mol. The van der Waals surface area contributed by atoms with Crippen LogP contribution in [-0.2, 0) is 19.1 Å². The van der Waals surface area contributed by atoms with Crippen LogP contribution in [0.15, 0.2) is 0 Å². The molecular formula is C15H26Cl2O4. The van der Waals surface area contributed by atoms with E-state index in [-0.39, 0.29) is 0 Å². The van der Waals surface area contributed by atoms with Gasteiger partial charge in [-0.1, -0.05) is 62.7 Å². The molecule has 0 aromatic carbocycles. The lowest BCUT2D eigenvalue weighted by Crippen LogP contribution is -2.20. The minimum Gasteiger partial charge on any atom is -0.446 e. The van der Waals surface area contributed by atoms with Crippen LogP contribution in [0, 0.1) is 0 Å². The molecule has 4 nitrogen and oxygen atoms in total. The molecule has 0 heterocycles. The number of esters is 2. The molecule has 0 aromatic rings. The number of alkyl halides is 2. The number of hydrogen-bond donors (Lipinski definition) is 0. The van der Waals surface area contributed by atoms with Gasteiger partial charge in [0.1, 0.15) is 6.42 Å². The van der Waals surface area contributed by atoms with Crippen LogP contribution >= 0.6 is 23.2 Å². The molecule has 124 valence electrons. The second kappa shape index (κ2) is 13.2. The molecule has 0 saturated heterocycles. The van der Waals surface area contributed by atoms with Crippen molar-refractivity contribution in [2.24, 2.45) is 0 Å². The highest BCUT2D eigenvalue weighted by Gasteiger charge is 2.18. The normalized spacial score (nSPS) is 13.5. The molecule has 0 amide bonds. The third-order valence-corrected chi connectivity index (χ3v) is 3.49. The van der Waals surface area contributed by atoms with Gasteiger partial charge in [0.15, 0.2) is 11.1 Å². The highest BCUT2D eigenvalue weighted by Crippen LogP contribution is 2.13. The van der Waals surface area contributed by atoms with Crippen molar-refractivity contribution in [3.05, 3.63) is 0 Å². The first-order valence-electron chi connectivity index (χ1n) is 7.66. The van der Waals surface area contributed by atoms with Crippen LogP contribution in [0.1, 0.15) is 71.6 Å². The summed E-state index contributed by atoms with van der Waals surface area (Å²) in [5, 5.41) is 0. The summed E-state index contributed by atoms with van der Waals surface area (Å²) in [7, 11) is 0. The van der Waals surface area contributed by atoms with E-state index in [1.807, 2.05) is 0 Å². The second-order valence-electron chi connectivity index (χ2n) is 4.97. The summed E-state index contributed by atoms with van der Waals surface area (Å²) < 4.78 is 9.86. The van der Waals surface area contributed by atoms with Crippen molar-refractivity contribution >= 4 is 35.1 Å². The van der Waals surface area contributed by atoms with E-state index < -0.39 is 29.5 Å². The van der Waals surface area contributed by atoms with Gasteiger partial charge in [-0.25, -0.2) is 0 Å². The monoisotopic (exact) mass is 340 g/mol. The molecule has 0 spiro atoms. The highest BCUT2D eigenvalue weighted by atomic mass is 35.5. The van der Waals surface area contributed by atoms with E-state index in [1.165, 1.54) is 0 Å². The number of unbranched alkanes of at least 4 members (excludes halogenated alkanes) is 4. The van der Waals surface area contributed by atoms with Crippen LogP contribution in [0.2, 0.25) is 0 Å². The zero-order chi connectivity index (χ0) is 16.1. The Morgan fingerprint density at radius 2 is 1.19 bits per heavy atom. The highest BCUT2D eigenvalue weighted by molar-refractivity contribution is 6.20. The van der Waals surface area contributed by atoms with E-state index in [4.69, 9.17) is 32.7 Å². The van der Waals surface area contributed by atoms with Gasteiger partial charge in [-0.3, -0.25) is 9.59 Å². The number of carbonyl (C=O) groups is 2. The van der Waals surface area contributed by atoms with Gasteiger partial charge in [0, 0.05) is 0 Å². The van der Waals surface area contributed by atoms with Crippen LogP contribution in [0.4, 0.5) is 0 Å². The van der Waals surface area contributed by atoms with Gasteiger partial charge in [-0.05, 0) is 25.7 Å². The summed E-state index contributed by atoms with van der Waals surface area (Å²) in [4.78, 5) is 23.0. The predicted molar refractivity (Wildman–Crippen MR) is 84.4 cm³/mol. The van der Waals surface area contributed by atoms with Crippen molar-refractivity contribution in [3.8, 4) is 0 Å². The third kappa shape index (κ3) is 12.9. The maximum Gasteiger partial charge on any atom is 0.318 e. The number of hydrogen-bond acceptors (Lipinski definition) is 4. The summed E-state index contributed by atoms with van der Waals surface area (Å²) >= 11 is 11.7. The summed E-state index contributed by atoms with van der Waals surface area (Å²) in [6.45, 7) is 4.16. The molecule has 0 saturated carbocycles. The average Bonchev–Trinajstić information content (AvgIpc) is 2.38. The number of halogens is 2. The predicted octanol–water partition coefficient (Wildman–Crippen LogP) is 4.75. The Morgan fingerprint density at radius 3 is 1.52 bits per heavy atom. The van der Waals surface area contributed by atoms with E-state index in [2.05, 4.69) is 13.8 Å². The first kappa shape index (κ1) is 20.5. The van der Waals surface area contributed by atoms with Gasteiger partial charge in [0.2, 0.25) is 0 Å². The molecule has 21 heavy (non-hydrogen) atoms. The van der Waals surface area contributed by atoms with Crippen molar-refractivity contribution in [1.29, 1.82) is 0 Å². The van der Waals surface area contributed by atoms with Crippen molar-refractivity contribution in [3.63, 3.8) is 0 Å². The van der Waals surface area contributed by atoms with E-state index in [1.54, 1.807) is 0 Å². The zero-order valence-electron chi connectivity index (χ0n) is 12.9. The fourth-order valence-electron chi connectivity index (χ4n) is 1.71. The third-order valence-electron chi connectivity index (χ3n) is 2.88. The lowest BCUT2D eigenvalue weighted by Gasteiger charge is -2.12. The fraction of sp³-hybridized carbons (Fsp3) is 0.867. The Labute approximate surface area is 137 Å². The Hall–Kier alpha value is -0.480. The van der Waals surface area contributed by atoms with Crippen molar-refractivity contribution in [1.82, 2.24) is 0 Å². The zero-order valence-corrected chi connectivity index (χ0v) is 14.4. The Morgan fingerprint density at radius 1 is 0.810 bits per heavy atom. The lowest BCUT2D eigenvalue weighted by atomic mass is 10.2. The molecule has 0 rings (SSSR count). The first-order valence-corrected chi connectivity index (χ1v) is 8.54. The van der Waals surface area contributed by atoms with Gasteiger partial charge in [0.05, 0.1) is 0 Å². The number of ether oxygens (including phenoxy) is 2. The van der Waals surface area contributed by atoms with E-state index in [0.717, 1.165) is 38.5 Å². The molecule has 0 N–H and O–H groups in total. The van der Waals surface area contributed by atoms with Crippen molar-refractivity contribution in [2.45, 2.75) is 82.8 Å². The van der Waals surface area contributed by atoms with E-state index in [9.17, 15) is 9.59 Å². The molecule has 2 atom stereocenters. The minimum absolute atomic E-state index is 0.450. The summed E-state index contributed by atoms with van der Waals surface area (Å²) in [6.07, 6.45) is 6.72. The first-order chi connectivity index (χ1) is 9.99. The molecule has 0 aromatic heterocycles. The van der Waals surface area contributed by atoms with Crippen molar-refractivity contribution < 1.29 is 19.1 Å². The largest absolute Gasteiger partial charge is 0.446 e. The van der Waals surface area contributed by atoms with Gasteiger partial charge in [-0.2, -0.15) is 0 Å². The summed E-state index contributed by atoms with van der Waals surface area (Å²) in [5.41, 5.74) is -1.37. The molecule has 0 aliphatic carbocycles. The van der Waals surface area contributed by atoms with Gasteiger partial charge in [0.25, 0.3) is 0 Å². The second-order valence-corrected chi connectivity index (χ2v) is 5.94. The molecule has 2 unspecified atom stereocenters.